The van der Waals surface area contributed by atoms with Gasteiger partial charge in [0.15, 0.2) is 0 Å². The van der Waals surface area contributed by atoms with Crippen molar-refractivity contribution >= 4 is 16.9 Å². The van der Waals surface area contributed by atoms with E-state index < -0.39 is 0 Å². The number of benzene rings is 1. The van der Waals surface area contributed by atoms with E-state index in [9.17, 15) is 14.4 Å². The first kappa shape index (κ1) is 20.1. The van der Waals surface area contributed by atoms with Crippen LogP contribution in [0, 0.1) is 0 Å². The van der Waals surface area contributed by atoms with Crippen LogP contribution in [0.2, 0.25) is 0 Å². The average Bonchev–Trinajstić information content (AvgIpc) is 3.26. The third-order valence-electron chi connectivity index (χ3n) is 5.00. The van der Waals surface area contributed by atoms with Crippen LogP contribution in [0.5, 0.6) is 5.75 Å². The lowest BCUT2D eigenvalue weighted by Gasteiger charge is -2.08. The molecule has 0 unspecified atom stereocenters. The predicted molar refractivity (Wildman–Crippen MR) is 116 cm³/mol. The van der Waals surface area contributed by atoms with E-state index in [1.165, 1.54) is 17.8 Å². The lowest BCUT2D eigenvalue weighted by atomic mass is 10.1. The number of aryl methyl sites for hydroxylation is 1. The maximum Gasteiger partial charge on any atom is 0.331 e. The van der Waals surface area contributed by atoms with Gasteiger partial charge in [0.25, 0.3) is 11.5 Å². The Balaban J connectivity index is 1.41. The molecule has 4 aromatic rings. The van der Waals surface area contributed by atoms with Crippen LogP contribution in [0.1, 0.15) is 10.4 Å². The van der Waals surface area contributed by atoms with Crippen LogP contribution in [0.15, 0.2) is 64.4 Å². The summed E-state index contributed by atoms with van der Waals surface area (Å²) in [6.07, 6.45) is 3.12. The number of rotatable bonds is 6. The Morgan fingerprint density at radius 2 is 1.90 bits per heavy atom. The smallest absolute Gasteiger partial charge is 0.331 e. The van der Waals surface area contributed by atoms with Crippen molar-refractivity contribution in [2.45, 2.75) is 0 Å². The fraction of sp³-hybridized carbons (Fsp3) is 0.182. The number of ether oxygens (including phenoxy) is 1. The summed E-state index contributed by atoms with van der Waals surface area (Å²) < 4.78 is 8.19. The summed E-state index contributed by atoms with van der Waals surface area (Å²) in [5.41, 5.74) is 2.26. The summed E-state index contributed by atoms with van der Waals surface area (Å²) in [7, 11) is 3.08. The minimum absolute atomic E-state index is 0.202. The van der Waals surface area contributed by atoms with Crippen LogP contribution in [0.3, 0.4) is 0 Å². The molecule has 158 valence electrons. The van der Waals surface area contributed by atoms with Crippen LogP contribution >= 0.6 is 0 Å². The van der Waals surface area contributed by atoms with Crippen molar-refractivity contribution in [2.75, 3.05) is 13.2 Å². The van der Waals surface area contributed by atoms with Crippen molar-refractivity contribution in [1.82, 2.24) is 24.4 Å². The molecular weight excluding hydrogens is 398 g/mol. The van der Waals surface area contributed by atoms with Crippen molar-refractivity contribution in [3.05, 3.63) is 81.3 Å². The molecule has 0 saturated carbocycles. The molecule has 2 N–H and O–H groups in total. The third-order valence-corrected chi connectivity index (χ3v) is 5.00. The Morgan fingerprint density at radius 3 is 2.61 bits per heavy atom. The molecule has 9 nitrogen and oxygen atoms in total. The highest BCUT2D eigenvalue weighted by Gasteiger charge is 2.12. The van der Waals surface area contributed by atoms with E-state index >= 15 is 0 Å². The zero-order valence-electron chi connectivity index (χ0n) is 17.1. The monoisotopic (exact) mass is 419 g/mol. The number of aromatic amines is 1. The topological polar surface area (TPSA) is 111 Å². The zero-order valence-corrected chi connectivity index (χ0v) is 17.1. The number of nitrogens with one attached hydrogen (secondary N) is 2. The summed E-state index contributed by atoms with van der Waals surface area (Å²) in [4.78, 5) is 43.4. The van der Waals surface area contributed by atoms with E-state index in [0.717, 1.165) is 15.8 Å². The SMILES string of the molecule is Cn1c(=O)c2[nH]c(-c3ccc(OCCNC(=O)c4cccnc4)cc3)cc2n(C)c1=O. The number of H-pyrrole nitrogens is 1. The Kier molecular flexibility index (Phi) is 5.40. The minimum atomic E-state index is -0.373. The van der Waals surface area contributed by atoms with Gasteiger partial charge in [-0.2, -0.15) is 0 Å². The molecule has 9 heteroatoms. The van der Waals surface area contributed by atoms with Crippen LogP contribution in [0.25, 0.3) is 22.3 Å². The normalized spacial score (nSPS) is 10.9. The molecule has 0 aliphatic rings. The second-order valence-corrected chi connectivity index (χ2v) is 7.02. The summed E-state index contributed by atoms with van der Waals surface area (Å²) in [6, 6.07) is 12.5. The Labute approximate surface area is 176 Å². The van der Waals surface area contributed by atoms with E-state index in [4.69, 9.17) is 4.74 Å². The summed E-state index contributed by atoms with van der Waals surface area (Å²) in [6.45, 7) is 0.671. The summed E-state index contributed by atoms with van der Waals surface area (Å²) in [5, 5.41) is 2.77. The number of amides is 1. The molecule has 0 atom stereocenters. The molecule has 0 aliphatic heterocycles. The van der Waals surface area contributed by atoms with Crippen molar-refractivity contribution in [1.29, 1.82) is 0 Å². The molecule has 4 rings (SSSR count). The highest BCUT2D eigenvalue weighted by Crippen LogP contribution is 2.24. The van der Waals surface area contributed by atoms with Gasteiger partial charge in [0, 0.05) is 32.2 Å². The average molecular weight is 419 g/mol. The summed E-state index contributed by atoms with van der Waals surface area (Å²) >= 11 is 0. The van der Waals surface area contributed by atoms with E-state index in [1.54, 1.807) is 43.6 Å². The molecule has 0 saturated heterocycles. The number of pyridine rings is 1. The first-order chi connectivity index (χ1) is 15.0. The molecule has 0 bridgehead atoms. The van der Waals surface area contributed by atoms with Crippen LogP contribution in [-0.2, 0) is 14.1 Å². The van der Waals surface area contributed by atoms with Crippen molar-refractivity contribution in [3.63, 3.8) is 0 Å². The number of hydrogen-bond acceptors (Lipinski definition) is 5. The number of hydrogen-bond donors (Lipinski definition) is 2. The van der Waals surface area contributed by atoms with Gasteiger partial charge in [0.05, 0.1) is 17.6 Å². The molecule has 1 amide bonds. The highest BCUT2D eigenvalue weighted by atomic mass is 16.5. The first-order valence-corrected chi connectivity index (χ1v) is 9.66. The molecule has 0 fully saturated rings. The third kappa shape index (κ3) is 3.97. The quantitative estimate of drug-likeness (QED) is 0.460. The Hall–Kier alpha value is -4.14. The van der Waals surface area contributed by atoms with Gasteiger partial charge in [-0.05, 0) is 48.0 Å². The number of carbonyl (C=O) groups is 1. The van der Waals surface area contributed by atoms with E-state index in [0.29, 0.717) is 35.5 Å². The molecule has 3 aromatic heterocycles. The summed E-state index contributed by atoms with van der Waals surface area (Å²) in [5.74, 6) is 0.449. The zero-order chi connectivity index (χ0) is 22.0. The van der Waals surface area contributed by atoms with E-state index in [2.05, 4.69) is 15.3 Å². The lowest BCUT2D eigenvalue weighted by Crippen LogP contribution is -2.36. The fourth-order valence-electron chi connectivity index (χ4n) is 3.27. The number of aromatic nitrogens is 4. The molecular formula is C22H21N5O4. The molecule has 0 aliphatic carbocycles. The maximum absolute atomic E-state index is 12.4. The van der Waals surface area contributed by atoms with E-state index in [1.807, 2.05) is 12.1 Å². The Morgan fingerprint density at radius 1 is 1.13 bits per heavy atom. The van der Waals surface area contributed by atoms with Gasteiger partial charge in [-0.25, -0.2) is 4.79 Å². The van der Waals surface area contributed by atoms with Gasteiger partial charge in [0.1, 0.15) is 17.9 Å². The number of carbonyl (C=O) groups excluding carboxylic acids is 1. The molecule has 0 spiro atoms. The first-order valence-electron chi connectivity index (χ1n) is 9.66. The fourth-order valence-corrected chi connectivity index (χ4v) is 3.27. The molecule has 3 heterocycles. The maximum atomic E-state index is 12.4. The van der Waals surface area contributed by atoms with Crippen molar-refractivity contribution in [3.8, 4) is 17.0 Å². The van der Waals surface area contributed by atoms with Gasteiger partial charge in [-0.15, -0.1) is 0 Å². The van der Waals surface area contributed by atoms with Gasteiger partial charge >= 0.3 is 5.69 Å². The van der Waals surface area contributed by atoms with Crippen LogP contribution in [0.4, 0.5) is 0 Å². The van der Waals surface area contributed by atoms with Crippen molar-refractivity contribution < 1.29 is 9.53 Å². The minimum Gasteiger partial charge on any atom is -0.492 e. The highest BCUT2D eigenvalue weighted by molar-refractivity contribution is 5.93. The second kappa shape index (κ2) is 8.31. The number of fused-ring (bicyclic) bond motifs is 1. The van der Waals surface area contributed by atoms with Crippen LogP contribution < -0.4 is 21.3 Å². The second-order valence-electron chi connectivity index (χ2n) is 7.02. The van der Waals surface area contributed by atoms with E-state index in [-0.39, 0.29) is 17.2 Å². The van der Waals surface area contributed by atoms with Crippen LogP contribution in [-0.4, -0.2) is 38.2 Å². The van der Waals surface area contributed by atoms with Crippen molar-refractivity contribution in [2.24, 2.45) is 14.1 Å². The predicted octanol–water partition coefficient (Wildman–Crippen LogP) is 1.44. The Bertz CT molecular complexity index is 1350. The van der Waals surface area contributed by atoms with Gasteiger partial charge in [-0.1, -0.05) is 0 Å². The molecule has 31 heavy (non-hydrogen) atoms. The van der Waals surface area contributed by atoms with Gasteiger partial charge in [-0.3, -0.25) is 23.7 Å². The lowest BCUT2D eigenvalue weighted by molar-refractivity contribution is 0.0946. The number of nitrogens with zero attached hydrogens (tertiary/aromatic N) is 3. The molecule has 0 radical (unpaired) electrons. The molecule has 1 aromatic carbocycles. The van der Waals surface area contributed by atoms with Gasteiger partial charge < -0.3 is 15.0 Å². The standard InChI is InChI=1S/C22H21N5O4/c1-26-18-12-17(25-19(18)21(29)27(2)22(26)30)14-5-7-16(8-6-14)31-11-10-24-20(28)15-4-3-9-23-13-15/h3-9,12-13,25H,10-11H2,1-2H3,(H,24,28). The van der Waals surface area contributed by atoms with Gasteiger partial charge in [0.2, 0.25) is 0 Å². The largest absolute Gasteiger partial charge is 0.492 e.